The van der Waals surface area contributed by atoms with E-state index in [2.05, 4.69) is 51.2 Å². The predicted molar refractivity (Wildman–Crippen MR) is 174 cm³/mol. The van der Waals surface area contributed by atoms with Crippen LogP contribution in [0.2, 0.25) is 0 Å². The number of amides is 1. The Morgan fingerprint density at radius 1 is 0.976 bits per heavy atom. The van der Waals surface area contributed by atoms with E-state index < -0.39 is 10.1 Å². The fraction of sp³-hybridized carbons (Fsp3) is 0.361. The summed E-state index contributed by atoms with van der Waals surface area (Å²) in [5.41, 5.74) is 7.90. The molecule has 1 aliphatic rings. The first kappa shape index (κ1) is 33.0. The van der Waals surface area contributed by atoms with E-state index in [1.54, 1.807) is 30.3 Å². The highest BCUT2D eigenvalue weighted by atomic mass is 32.2. The molecule has 2 aromatic rings. The van der Waals surface area contributed by atoms with Gasteiger partial charge < -0.3 is 5.32 Å². The first-order chi connectivity index (χ1) is 19.9. The summed E-state index contributed by atoms with van der Waals surface area (Å²) in [4.78, 5) is 12.7. The van der Waals surface area contributed by atoms with Gasteiger partial charge in [-0.2, -0.15) is 8.42 Å². The molecule has 1 aliphatic carbocycles. The summed E-state index contributed by atoms with van der Waals surface area (Å²) < 4.78 is 29.8. The highest BCUT2D eigenvalue weighted by Crippen LogP contribution is 2.40. The number of allylic oxidation sites excluding steroid dienone is 9. The lowest BCUT2D eigenvalue weighted by Gasteiger charge is -2.32. The standard InChI is InChI=1S/C36H45NO4S/c1-27(16-23-34-30(4)12-8-24-36(34,5)6)10-7-11-29(3)26-35(38)37-32-19-17-31(18-20-32)13-9-25-41-42(39,40)33-21-14-28(2)15-22-33/h7,10-11,14-23,26H,8-9,12-13,24-25H2,1-6H3,(H,37,38). The zero-order chi connectivity index (χ0) is 30.8. The molecule has 2 aromatic carbocycles. The molecule has 5 nitrogen and oxygen atoms in total. The molecule has 0 atom stereocenters. The SMILES string of the molecule is CC(C=CC1=C(C)CCCC1(C)C)=CC=CC(C)=CC(=O)Nc1ccc(CCCOS(=O)(=O)c2ccc(C)cc2)cc1. The Labute approximate surface area is 252 Å². The van der Waals surface area contributed by atoms with Crippen molar-refractivity contribution in [2.24, 2.45) is 5.41 Å². The summed E-state index contributed by atoms with van der Waals surface area (Å²) in [6.45, 7) is 12.9. The Balaban J connectivity index is 1.44. The maximum absolute atomic E-state index is 12.5. The first-order valence-corrected chi connectivity index (χ1v) is 16.0. The molecule has 0 aromatic heterocycles. The molecule has 1 amide bonds. The van der Waals surface area contributed by atoms with Gasteiger partial charge in [0.2, 0.25) is 5.91 Å². The first-order valence-electron chi connectivity index (χ1n) is 14.6. The molecule has 0 saturated heterocycles. The quantitative estimate of drug-likeness (QED) is 0.117. The highest BCUT2D eigenvalue weighted by Gasteiger charge is 2.26. The number of nitrogens with one attached hydrogen (secondary N) is 1. The lowest BCUT2D eigenvalue weighted by atomic mass is 9.72. The minimum absolute atomic E-state index is 0.104. The van der Waals surface area contributed by atoms with Gasteiger partial charge in [0.1, 0.15) is 0 Å². The van der Waals surface area contributed by atoms with E-state index >= 15 is 0 Å². The molecule has 0 saturated carbocycles. The van der Waals surface area contributed by atoms with Gasteiger partial charge in [0.25, 0.3) is 10.1 Å². The average molecular weight is 588 g/mol. The molecule has 6 heteroatoms. The third kappa shape index (κ3) is 10.4. The molecule has 42 heavy (non-hydrogen) atoms. The maximum atomic E-state index is 12.5. The van der Waals surface area contributed by atoms with Crippen LogP contribution in [0, 0.1) is 12.3 Å². The van der Waals surface area contributed by atoms with E-state index in [1.165, 1.54) is 30.4 Å². The van der Waals surface area contributed by atoms with Gasteiger partial charge in [0.05, 0.1) is 11.5 Å². The largest absolute Gasteiger partial charge is 0.323 e. The van der Waals surface area contributed by atoms with Crippen LogP contribution in [0.4, 0.5) is 5.69 Å². The Hall–Kier alpha value is -3.48. The minimum Gasteiger partial charge on any atom is -0.323 e. The summed E-state index contributed by atoms with van der Waals surface area (Å²) >= 11 is 0. The molecular weight excluding hydrogens is 542 g/mol. The molecule has 3 rings (SSSR count). The molecular formula is C36H45NO4S. The lowest BCUT2D eigenvalue weighted by Crippen LogP contribution is -2.19. The van der Waals surface area contributed by atoms with Gasteiger partial charge in [0.15, 0.2) is 0 Å². The van der Waals surface area contributed by atoms with Crippen molar-refractivity contribution < 1.29 is 17.4 Å². The number of carbonyl (C=O) groups excluding carboxylic acids is 1. The van der Waals surface area contributed by atoms with Crippen molar-refractivity contribution in [3.63, 3.8) is 0 Å². The molecule has 0 unspecified atom stereocenters. The fourth-order valence-corrected chi connectivity index (χ4v) is 5.98. The predicted octanol–water partition coefficient (Wildman–Crippen LogP) is 8.80. The highest BCUT2D eigenvalue weighted by molar-refractivity contribution is 7.86. The fourth-order valence-electron chi connectivity index (χ4n) is 5.04. The van der Waals surface area contributed by atoms with Gasteiger partial charge in [0, 0.05) is 11.8 Å². The second-order valence-electron chi connectivity index (χ2n) is 11.8. The summed E-state index contributed by atoms with van der Waals surface area (Å²) in [7, 11) is -3.75. The van der Waals surface area contributed by atoms with Gasteiger partial charge in [-0.15, -0.1) is 0 Å². The zero-order valence-corrected chi connectivity index (χ0v) is 26.7. The summed E-state index contributed by atoms with van der Waals surface area (Å²) in [5.74, 6) is -0.192. The summed E-state index contributed by atoms with van der Waals surface area (Å²) in [5, 5.41) is 2.89. The molecule has 0 spiro atoms. The topological polar surface area (TPSA) is 72.5 Å². The van der Waals surface area contributed by atoms with Gasteiger partial charge in [-0.25, -0.2) is 0 Å². The molecule has 224 valence electrons. The normalized spacial score (nSPS) is 16.4. The second kappa shape index (κ2) is 15.1. The number of benzene rings is 2. The van der Waals surface area contributed by atoms with Crippen LogP contribution in [-0.2, 0) is 25.5 Å². The number of hydrogen-bond acceptors (Lipinski definition) is 4. The van der Waals surface area contributed by atoms with E-state index in [-0.39, 0.29) is 22.8 Å². The van der Waals surface area contributed by atoms with Crippen LogP contribution in [0.3, 0.4) is 0 Å². The van der Waals surface area contributed by atoms with Crippen LogP contribution >= 0.6 is 0 Å². The Morgan fingerprint density at radius 3 is 2.33 bits per heavy atom. The van der Waals surface area contributed by atoms with E-state index in [4.69, 9.17) is 4.18 Å². The van der Waals surface area contributed by atoms with Crippen molar-refractivity contribution >= 4 is 21.7 Å². The van der Waals surface area contributed by atoms with Crippen molar-refractivity contribution in [2.45, 2.75) is 78.5 Å². The Kier molecular flexibility index (Phi) is 11.9. The van der Waals surface area contributed by atoms with Crippen LogP contribution in [0.15, 0.2) is 112 Å². The van der Waals surface area contributed by atoms with Crippen molar-refractivity contribution in [3.05, 3.63) is 118 Å². The van der Waals surface area contributed by atoms with Crippen LogP contribution in [-0.4, -0.2) is 20.9 Å². The summed E-state index contributed by atoms with van der Waals surface area (Å²) in [6.07, 6.45) is 16.9. The van der Waals surface area contributed by atoms with Crippen molar-refractivity contribution in [3.8, 4) is 0 Å². The molecule has 0 heterocycles. The van der Waals surface area contributed by atoms with Crippen LogP contribution in [0.5, 0.6) is 0 Å². The summed E-state index contributed by atoms with van der Waals surface area (Å²) in [6, 6.07) is 14.2. The van der Waals surface area contributed by atoms with E-state index in [9.17, 15) is 13.2 Å². The molecule has 0 fully saturated rings. The van der Waals surface area contributed by atoms with E-state index in [1.807, 2.05) is 50.3 Å². The van der Waals surface area contributed by atoms with Crippen LogP contribution in [0.1, 0.15) is 71.4 Å². The van der Waals surface area contributed by atoms with Crippen molar-refractivity contribution in [2.75, 3.05) is 11.9 Å². The molecule has 0 aliphatic heterocycles. The number of aryl methyl sites for hydroxylation is 2. The van der Waals surface area contributed by atoms with Crippen molar-refractivity contribution in [1.82, 2.24) is 0 Å². The van der Waals surface area contributed by atoms with Gasteiger partial charge in [-0.1, -0.05) is 85.2 Å². The van der Waals surface area contributed by atoms with Crippen LogP contribution in [0.25, 0.3) is 0 Å². The van der Waals surface area contributed by atoms with E-state index in [0.29, 0.717) is 18.5 Å². The van der Waals surface area contributed by atoms with Crippen LogP contribution < -0.4 is 5.32 Å². The van der Waals surface area contributed by atoms with Gasteiger partial charge >= 0.3 is 0 Å². The van der Waals surface area contributed by atoms with Crippen molar-refractivity contribution in [1.29, 1.82) is 0 Å². The van der Waals surface area contributed by atoms with E-state index in [0.717, 1.165) is 22.3 Å². The third-order valence-corrected chi connectivity index (χ3v) is 8.84. The molecule has 0 bridgehead atoms. The Morgan fingerprint density at radius 2 is 1.67 bits per heavy atom. The maximum Gasteiger partial charge on any atom is 0.296 e. The Bertz CT molecular complexity index is 1490. The smallest absolute Gasteiger partial charge is 0.296 e. The lowest BCUT2D eigenvalue weighted by molar-refractivity contribution is -0.111. The third-order valence-electron chi connectivity index (χ3n) is 7.51. The zero-order valence-electron chi connectivity index (χ0n) is 25.9. The number of hydrogen-bond donors (Lipinski definition) is 1. The second-order valence-corrected chi connectivity index (χ2v) is 13.4. The minimum atomic E-state index is -3.75. The number of carbonyl (C=O) groups is 1. The number of rotatable bonds is 12. The molecule has 1 N–H and O–H groups in total. The van der Waals surface area contributed by atoms with Gasteiger partial charge in [-0.05, 0) is 106 Å². The van der Waals surface area contributed by atoms with Gasteiger partial charge in [-0.3, -0.25) is 8.98 Å². The number of anilines is 1. The molecule has 0 radical (unpaired) electrons. The average Bonchev–Trinajstić information content (AvgIpc) is 2.91. The monoisotopic (exact) mass is 587 g/mol.